The van der Waals surface area contributed by atoms with Gasteiger partial charge in [-0.3, -0.25) is 4.79 Å². The molecular formula is C20H26N2O3. The summed E-state index contributed by atoms with van der Waals surface area (Å²) in [5.41, 5.74) is 2.76. The molecule has 1 unspecified atom stereocenters. The van der Waals surface area contributed by atoms with Crippen LogP contribution in [-0.4, -0.2) is 26.2 Å². The third-order valence-corrected chi connectivity index (χ3v) is 4.00. The fourth-order valence-corrected chi connectivity index (χ4v) is 2.60. The molecule has 0 radical (unpaired) electrons. The quantitative estimate of drug-likeness (QED) is 0.789. The molecule has 0 aliphatic rings. The van der Waals surface area contributed by atoms with Crippen LogP contribution in [0.1, 0.15) is 32.3 Å². The molecule has 0 aliphatic heterocycles. The highest BCUT2D eigenvalue weighted by Gasteiger charge is 2.16. The van der Waals surface area contributed by atoms with Crippen molar-refractivity contribution in [3.05, 3.63) is 48.0 Å². The zero-order chi connectivity index (χ0) is 18.4. The maximum atomic E-state index is 12.5. The minimum Gasteiger partial charge on any atom is -0.493 e. The summed E-state index contributed by atoms with van der Waals surface area (Å²) in [5, 5.41) is 6.19. The Hall–Kier alpha value is -2.69. The Morgan fingerprint density at radius 1 is 0.960 bits per heavy atom. The Morgan fingerprint density at radius 2 is 1.64 bits per heavy atom. The zero-order valence-corrected chi connectivity index (χ0v) is 15.4. The number of amides is 1. The minimum absolute atomic E-state index is 0.0946. The van der Waals surface area contributed by atoms with E-state index in [2.05, 4.69) is 24.5 Å². The molecule has 5 heteroatoms. The number of benzene rings is 2. The lowest BCUT2D eigenvalue weighted by molar-refractivity contribution is -0.116. The van der Waals surface area contributed by atoms with Gasteiger partial charge >= 0.3 is 0 Å². The van der Waals surface area contributed by atoms with Crippen molar-refractivity contribution in [1.29, 1.82) is 0 Å². The Morgan fingerprint density at radius 3 is 2.28 bits per heavy atom. The van der Waals surface area contributed by atoms with Crippen molar-refractivity contribution in [1.82, 2.24) is 0 Å². The van der Waals surface area contributed by atoms with E-state index in [-0.39, 0.29) is 5.91 Å². The Balaban J connectivity index is 2.08. The highest BCUT2D eigenvalue weighted by atomic mass is 16.5. The molecule has 0 aliphatic carbocycles. The smallest absolute Gasteiger partial charge is 0.246 e. The first kappa shape index (κ1) is 18.6. The van der Waals surface area contributed by atoms with Crippen LogP contribution in [0.4, 0.5) is 11.4 Å². The topological polar surface area (TPSA) is 59.6 Å². The summed E-state index contributed by atoms with van der Waals surface area (Å²) in [6, 6.07) is 12.9. The van der Waals surface area contributed by atoms with Crippen LogP contribution in [0.3, 0.4) is 0 Å². The molecule has 0 heterocycles. The van der Waals surface area contributed by atoms with Crippen LogP contribution in [0, 0.1) is 0 Å². The van der Waals surface area contributed by atoms with Gasteiger partial charge in [0.15, 0.2) is 11.5 Å². The fraction of sp³-hybridized carbons (Fsp3) is 0.350. The summed E-state index contributed by atoms with van der Waals surface area (Å²) >= 11 is 0. The van der Waals surface area contributed by atoms with Crippen molar-refractivity contribution in [2.75, 3.05) is 24.9 Å². The van der Waals surface area contributed by atoms with Crippen LogP contribution >= 0.6 is 0 Å². The van der Waals surface area contributed by atoms with E-state index in [0.29, 0.717) is 17.4 Å². The average molecular weight is 342 g/mol. The number of ether oxygens (including phenoxy) is 2. The van der Waals surface area contributed by atoms with E-state index >= 15 is 0 Å². The van der Waals surface area contributed by atoms with E-state index in [4.69, 9.17) is 9.47 Å². The molecule has 1 atom stereocenters. The maximum absolute atomic E-state index is 12.5. The highest BCUT2D eigenvalue weighted by molar-refractivity contribution is 5.97. The van der Waals surface area contributed by atoms with Crippen LogP contribution in [0.5, 0.6) is 11.5 Å². The van der Waals surface area contributed by atoms with Crippen molar-refractivity contribution < 1.29 is 14.3 Å². The highest BCUT2D eigenvalue weighted by Crippen LogP contribution is 2.30. The molecule has 0 saturated carbocycles. The monoisotopic (exact) mass is 342 g/mol. The Labute approximate surface area is 149 Å². The number of rotatable bonds is 7. The number of carbonyl (C=O) groups excluding carboxylic acids is 1. The standard InChI is InChI=1S/C20H26N2O3/c1-13(2)16-8-6-7-9-17(16)22-20(23)14(3)21-15-10-11-18(24-4)19(12-15)25-5/h6-14,21H,1-5H3,(H,22,23). The molecule has 0 saturated heterocycles. The van der Waals surface area contributed by atoms with Gasteiger partial charge < -0.3 is 20.1 Å². The van der Waals surface area contributed by atoms with Gasteiger partial charge in [0.05, 0.1) is 14.2 Å². The van der Waals surface area contributed by atoms with E-state index in [1.165, 1.54) is 0 Å². The van der Waals surface area contributed by atoms with Gasteiger partial charge in [0, 0.05) is 17.4 Å². The van der Waals surface area contributed by atoms with Crippen molar-refractivity contribution >= 4 is 17.3 Å². The SMILES string of the molecule is COc1ccc(NC(C)C(=O)Nc2ccccc2C(C)C)cc1OC. The second-order valence-corrected chi connectivity index (χ2v) is 6.17. The molecule has 0 fully saturated rings. The molecule has 2 N–H and O–H groups in total. The molecule has 1 amide bonds. The van der Waals surface area contributed by atoms with E-state index < -0.39 is 6.04 Å². The maximum Gasteiger partial charge on any atom is 0.246 e. The first-order valence-corrected chi connectivity index (χ1v) is 8.34. The first-order valence-electron chi connectivity index (χ1n) is 8.34. The summed E-state index contributed by atoms with van der Waals surface area (Å²) < 4.78 is 10.5. The van der Waals surface area contributed by atoms with Gasteiger partial charge in [-0.1, -0.05) is 32.0 Å². The van der Waals surface area contributed by atoms with E-state index in [1.807, 2.05) is 43.3 Å². The van der Waals surface area contributed by atoms with Gasteiger partial charge in [-0.05, 0) is 36.6 Å². The van der Waals surface area contributed by atoms with Gasteiger partial charge in [0.2, 0.25) is 5.91 Å². The zero-order valence-electron chi connectivity index (χ0n) is 15.4. The van der Waals surface area contributed by atoms with Gasteiger partial charge in [0.1, 0.15) is 6.04 Å². The largest absolute Gasteiger partial charge is 0.493 e. The molecule has 2 aromatic rings. The van der Waals surface area contributed by atoms with E-state index in [1.54, 1.807) is 20.3 Å². The van der Waals surface area contributed by atoms with Crippen molar-refractivity contribution in [2.24, 2.45) is 0 Å². The van der Waals surface area contributed by atoms with Crippen molar-refractivity contribution in [3.8, 4) is 11.5 Å². The number of para-hydroxylation sites is 1. The van der Waals surface area contributed by atoms with Gasteiger partial charge in [-0.15, -0.1) is 0 Å². The number of hydrogen-bond acceptors (Lipinski definition) is 4. The third kappa shape index (κ3) is 4.66. The van der Waals surface area contributed by atoms with Crippen LogP contribution < -0.4 is 20.1 Å². The second kappa shape index (κ2) is 8.42. The summed E-state index contributed by atoms with van der Waals surface area (Å²) in [7, 11) is 3.17. The number of anilines is 2. The van der Waals surface area contributed by atoms with E-state index in [0.717, 1.165) is 16.9 Å². The predicted molar refractivity (Wildman–Crippen MR) is 102 cm³/mol. The molecule has 134 valence electrons. The normalized spacial score (nSPS) is 11.8. The number of methoxy groups -OCH3 is 2. The number of nitrogens with one attached hydrogen (secondary N) is 2. The summed E-state index contributed by atoms with van der Waals surface area (Å²) in [5.74, 6) is 1.51. The molecule has 0 bridgehead atoms. The lowest BCUT2D eigenvalue weighted by atomic mass is 10.0. The van der Waals surface area contributed by atoms with E-state index in [9.17, 15) is 4.79 Å². The molecule has 0 spiro atoms. The fourth-order valence-electron chi connectivity index (χ4n) is 2.60. The Bertz CT molecular complexity index is 729. The molecule has 25 heavy (non-hydrogen) atoms. The molecule has 0 aromatic heterocycles. The molecule has 2 aromatic carbocycles. The minimum atomic E-state index is -0.404. The summed E-state index contributed by atoms with van der Waals surface area (Å²) in [6.45, 7) is 6.04. The van der Waals surface area contributed by atoms with Crippen LogP contribution in [0.2, 0.25) is 0 Å². The molecular weight excluding hydrogens is 316 g/mol. The Kier molecular flexibility index (Phi) is 6.28. The van der Waals surface area contributed by atoms with Gasteiger partial charge in [-0.2, -0.15) is 0 Å². The summed E-state index contributed by atoms with van der Waals surface area (Å²) in [4.78, 5) is 12.5. The molecule has 2 rings (SSSR count). The van der Waals surface area contributed by atoms with Crippen LogP contribution in [0.25, 0.3) is 0 Å². The van der Waals surface area contributed by atoms with Crippen LogP contribution in [0.15, 0.2) is 42.5 Å². The summed E-state index contributed by atoms with van der Waals surface area (Å²) in [6.07, 6.45) is 0. The average Bonchev–Trinajstić information content (AvgIpc) is 2.61. The third-order valence-electron chi connectivity index (χ3n) is 4.00. The predicted octanol–water partition coefficient (Wildman–Crippen LogP) is 4.27. The second-order valence-electron chi connectivity index (χ2n) is 6.17. The van der Waals surface area contributed by atoms with Crippen LogP contribution in [-0.2, 0) is 4.79 Å². The van der Waals surface area contributed by atoms with Crippen molar-refractivity contribution in [3.63, 3.8) is 0 Å². The van der Waals surface area contributed by atoms with Crippen molar-refractivity contribution in [2.45, 2.75) is 32.7 Å². The first-order chi connectivity index (χ1) is 12.0. The number of carbonyl (C=O) groups is 1. The van der Waals surface area contributed by atoms with Gasteiger partial charge in [-0.25, -0.2) is 0 Å². The lowest BCUT2D eigenvalue weighted by Crippen LogP contribution is -2.32. The number of hydrogen-bond donors (Lipinski definition) is 2. The molecule has 5 nitrogen and oxygen atoms in total. The lowest BCUT2D eigenvalue weighted by Gasteiger charge is -2.19. The van der Waals surface area contributed by atoms with Gasteiger partial charge in [0.25, 0.3) is 0 Å².